The summed E-state index contributed by atoms with van der Waals surface area (Å²) >= 11 is 0. The Bertz CT molecular complexity index is 768. The monoisotopic (exact) mass is 435 g/mol. The highest BCUT2D eigenvalue weighted by atomic mass is 14.9. The Balaban J connectivity index is 0.000000335. The molecule has 0 unspecified atom stereocenters. The molecule has 0 aromatic heterocycles. The molecule has 3 N–H and O–H groups in total. The van der Waals surface area contributed by atoms with Crippen molar-refractivity contribution in [3.8, 4) is 0 Å². The Hall–Kier alpha value is -2.52. The van der Waals surface area contributed by atoms with Crippen LogP contribution in [0.25, 0.3) is 0 Å². The minimum atomic E-state index is 0.154. The number of benzene rings is 2. The Morgan fingerprint density at radius 2 is 1.47 bits per heavy atom. The quantitative estimate of drug-likeness (QED) is 0.388. The van der Waals surface area contributed by atoms with Crippen LogP contribution < -0.4 is 16.0 Å². The average molecular weight is 436 g/mol. The maximum Gasteiger partial charge on any atom is 0.0344 e. The van der Waals surface area contributed by atoms with Gasteiger partial charge in [-0.15, -0.1) is 0 Å². The summed E-state index contributed by atoms with van der Waals surface area (Å²) in [5, 5.41) is 10.3. The number of hydrogen-bond donors (Lipinski definition) is 3. The largest absolute Gasteiger partial charge is 0.384 e. The number of anilines is 1. The second-order valence-electron chi connectivity index (χ2n) is 8.65. The van der Waals surface area contributed by atoms with Crippen LogP contribution in [0.1, 0.15) is 65.5 Å². The van der Waals surface area contributed by atoms with E-state index < -0.39 is 0 Å². The van der Waals surface area contributed by atoms with Crippen LogP contribution in [0.4, 0.5) is 5.69 Å². The third-order valence-corrected chi connectivity index (χ3v) is 4.68. The van der Waals surface area contributed by atoms with Crippen molar-refractivity contribution in [3.05, 3.63) is 89.6 Å². The van der Waals surface area contributed by atoms with Gasteiger partial charge in [0.2, 0.25) is 0 Å². The lowest BCUT2D eigenvalue weighted by Crippen LogP contribution is -2.26. The van der Waals surface area contributed by atoms with E-state index in [2.05, 4.69) is 98.3 Å². The highest BCUT2D eigenvalue weighted by Crippen LogP contribution is 2.12. The predicted molar refractivity (Wildman–Crippen MR) is 143 cm³/mol. The molecule has 176 valence electrons. The van der Waals surface area contributed by atoms with Gasteiger partial charge in [0.1, 0.15) is 0 Å². The molecule has 0 fully saturated rings. The van der Waals surface area contributed by atoms with Gasteiger partial charge in [0.15, 0.2) is 0 Å². The summed E-state index contributed by atoms with van der Waals surface area (Å²) in [7, 11) is 0. The zero-order chi connectivity index (χ0) is 23.7. The van der Waals surface area contributed by atoms with E-state index in [1.165, 1.54) is 28.9 Å². The third kappa shape index (κ3) is 13.0. The van der Waals surface area contributed by atoms with Gasteiger partial charge in [-0.2, -0.15) is 0 Å². The molecule has 0 radical (unpaired) electrons. The SMILES string of the molecule is CC.CC(C)(C)Nc1ccccc1.CCc1ccc(CNCCNC2=CCCC=C2)cc1. The average Bonchev–Trinajstić information content (AvgIpc) is 2.81. The van der Waals surface area contributed by atoms with E-state index in [4.69, 9.17) is 0 Å². The number of aryl methyl sites for hydroxylation is 1. The Kier molecular flexibility index (Phi) is 13.9. The number of para-hydroxylation sites is 1. The maximum atomic E-state index is 3.46. The van der Waals surface area contributed by atoms with Gasteiger partial charge in [-0.1, -0.05) is 75.4 Å². The maximum absolute atomic E-state index is 3.46. The van der Waals surface area contributed by atoms with Crippen LogP contribution in [0.2, 0.25) is 0 Å². The summed E-state index contributed by atoms with van der Waals surface area (Å²) in [5.74, 6) is 0. The Morgan fingerprint density at radius 1 is 0.812 bits per heavy atom. The van der Waals surface area contributed by atoms with Crippen molar-refractivity contribution in [2.45, 2.75) is 72.9 Å². The lowest BCUT2D eigenvalue weighted by molar-refractivity contribution is 0.634. The van der Waals surface area contributed by atoms with Gasteiger partial charge in [0.05, 0.1) is 0 Å². The summed E-state index contributed by atoms with van der Waals surface area (Å²) in [6.07, 6.45) is 10.1. The van der Waals surface area contributed by atoms with Gasteiger partial charge < -0.3 is 16.0 Å². The number of nitrogens with one attached hydrogen (secondary N) is 3. The van der Waals surface area contributed by atoms with Crippen LogP contribution in [0.3, 0.4) is 0 Å². The molecule has 3 rings (SSSR count). The van der Waals surface area contributed by atoms with Gasteiger partial charge in [-0.25, -0.2) is 0 Å². The van der Waals surface area contributed by atoms with Crippen LogP contribution >= 0.6 is 0 Å². The fraction of sp³-hybridized carbons (Fsp3) is 0.448. The number of allylic oxidation sites excluding steroid dienone is 3. The number of hydrogen-bond acceptors (Lipinski definition) is 3. The van der Waals surface area contributed by atoms with Crippen molar-refractivity contribution in [2.75, 3.05) is 18.4 Å². The van der Waals surface area contributed by atoms with Gasteiger partial charge >= 0.3 is 0 Å². The van der Waals surface area contributed by atoms with Crippen LogP contribution in [0.15, 0.2) is 78.5 Å². The first-order valence-corrected chi connectivity index (χ1v) is 12.2. The van der Waals surface area contributed by atoms with E-state index in [9.17, 15) is 0 Å². The molecule has 2 aromatic carbocycles. The Morgan fingerprint density at radius 3 is 2.03 bits per heavy atom. The molecule has 0 heterocycles. The minimum Gasteiger partial charge on any atom is -0.384 e. The zero-order valence-electron chi connectivity index (χ0n) is 21.2. The van der Waals surface area contributed by atoms with E-state index in [0.717, 1.165) is 32.5 Å². The van der Waals surface area contributed by atoms with E-state index in [-0.39, 0.29) is 5.54 Å². The van der Waals surface area contributed by atoms with Crippen LogP contribution in [0, 0.1) is 0 Å². The molecule has 0 spiro atoms. The lowest BCUT2D eigenvalue weighted by Gasteiger charge is -2.21. The molecule has 0 amide bonds. The first-order valence-electron chi connectivity index (χ1n) is 12.2. The van der Waals surface area contributed by atoms with E-state index in [1.54, 1.807) is 0 Å². The van der Waals surface area contributed by atoms with Crippen molar-refractivity contribution in [3.63, 3.8) is 0 Å². The van der Waals surface area contributed by atoms with Gasteiger partial charge in [0.25, 0.3) is 0 Å². The molecular formula is C29H45N3. The van der Waals surface area contributed by atoms with E-state index in [1.807, 2.05) is 32.0 Å². The Labute approximate surface area is 197 Å². The van der Waals surface area contributed by atoms with E-state index in [0.29, 0.717) is 0 Å². The van der Waals surface area contributed by atoms with Crippen LogP contribution in [0.5, 0.6) is 0 Å². The molecule has 0 saturated carbocycles. The lowest BCUT2D eigenvalue weighted by atomic mass is 10.1. The van der Waals surface area contributed by atoms with Crippen molar-refractivity contribution in [1.29, 1.82) is 0 Å². The fourth-order valence-corrected chi connectivity index (χ4v) is 3.12. The smallest absolute Gasteiger partial charge is 0.0344 e. The zero-order valence-corrected chi connectivity index (χ0v) is 21.2. The highest BCUT2D eigenvalue weighted by molar-refractivity contribution is 5.44. The van der Waals surface area contributed by atoms with Crippen molar-refractivity contribution < 1.29 is 0 Å². The first kappa shape index (κ1) is 27.5. The molecular weight excluding hydrogens is 390 g/mol. The summed E-state index contributed by atoms with van der Waals surface area (Å²) < 4.78 is 0. The molecule has 0 bridgehead atoms. The molecule has 1 aliphatic rings. The molecule has 0 aliphatic heterocycles. The first-order chi connectivity index (χ1) is 15.5. The molecule has 1 aliphatic carbocycles. The normalized spacial score (nSPS) is 12.5. The van der Waals surface area contributed by atoms with Gasteiger partial charge in [0, 0.05) is 36.6 Å². The van der Waals surface area contributed by atoms with Crippen molar-refractivity contribution in [2.24, 2.45) is 0 Å². The second kappa shape index (κ2) is 16.2. The minimum absolute atomic E-state index is 0.154. The van der Waals surface area contributed by atoms with Crippen molar-refractivity contribution >= 4 is 5.69 Å². The van der Waals surface area contributed by atoms with Gasteiger partial charge in [-0.05, 0) is 69.4 Å². The second-order valence-corrected chi connectivity index (χ2v) is 8.65. The molecule has 32 heavy (non-hydrogen) atoms. The summed E-state index contributed by atoms with van der Waals surface area (Å²) in [4.78, 5) is 0. The fourth-order valence-electron chi connectivity index (χ4n) is 3.12. The summed E-state index contributed by atoms with van der Waals surface area (Å²) in [6.45, 7) is 15.6. The standard InChI is InChI=1S/C17H24N2.C10H15N.C2H6/c1-2-15-8-10-16(11-9-15)14-18-12-13-19-17-6-4-3-5-7-17;1-10(2,3)11-9-7-5-4-6-8-9;1-2/h4,6-11,18-19H,2-3,5,12-14H2,1H3;4-8,11H,1-3H3;1-2H3. The third-order valence-electron chi connectivity index (χ3n) is 4.68. The molecule has 3 nitrogen and oxygen atoms in total. The van der Waals surface area contributed by atoms with Crippen LogP contribution in [-0.2, 0) is 13.0 Å². The van der Waals surface area contributed by atoms with Gasteiger partial charge in [-0.3, -0.25) is 0 Å². The topological polar surface area (TPSA) is 36.1 Å². The molecule has 0 saturated heterocycles. The molecule has 2 aromatic rings. The highest BCUT2D eigenvalue weighted by Gasteiger charge is 2.07. The van der Waals surface area contributed by atoms with E-state index >= 15 is 0 Å². The van der Waals surface area contributed by atoms with Crippen LogP contribution in [-0.4, -0.2) is 18.6 Å². The molecule has 3 heteroatoms. The van der Waals surface area contributed by atoms with Crippen molar-refractivity contribution in [1.82, 2.24) is 10.6 Å². The summed E-state index contributed by atoms with van der Waals surface area (Å²) in [5.41, 5.74) is 5.36. The number of rotatable bonds is 8. The summed E-state index contributed by atoms with van der Waals surface area (Å²) in [6, 6.07) is 19.1. The predicted octanol–water partition coefficient (Wildman–Crippen LogP) is 7.09. The molecule has 0 atom stereocenters.